The molecule has 0 bridgehead atoms. The first-order valence-corrected chi connectivity index (χ1v) is 11.4. The minimum absolute atomic E-state index is 0.112. The van der Waals surface area contributed by atoms with E-state index in [2.05, 4.69) is 9.80 Å². The van der Waals surface area contributed by atoms with E-state index in [1.54, 1.807) is 26.0 Å². The molecule has 2 aromatic carbocycles. The number of phenolic OH excluding ortho intramolecular Hbond substituents is 2. The van der Waals surface area contributed by atoms with Crippen molar-refractivity contribution in [1.82, 2.24) is 9.80 Å². The maximum Gasteiger partial charge on any atom is 0.173 e. The Morgan fingerprint density at radius 1 is 0.700 bits per heavy atom. The second-order valence-electron chi connectivity index (χ2n) is 7.80. The van der Waals surface area contributed by atoms with Crippen molar-refractivity contribution in [2.45, 2.75) is 32.4 Å². The van der Waals surface area contributed by atoms with Gasteiger partial charge in [0.25, 0.3) is 0 Å². The zero-order valence-electron chi connectivity index (χ0n) is 18.4. The fourth-order valence-electron chi connectivity index (χ4n) is 3.30. The van der Waals surface area contributed by atoms with Gasteiger partial charge >= 0.3 is 0 Å². The Labute approximate surface area is 187 Å². The van der Waals surface area contributed by atoms with E-state index in [9.17, 15) is 10.2 Å². The van der Waals surface area contributed by atoms with Crippen molar-refractivity contribution in [3.63, 3.8) is 0 Å². The third-order valence-corrected chi connectivity index (χ3v) is 7.81. The summed E-state index contributed by atoms with van der Waals surface area (Å²) in [5.41, 5.74) is 2.26. The normalized spacial score (nSPS) is 12.8. The van der Waals surface area contributed by atoms with Gasteiger partial charge in [0.05, 0.1) is 24.0 Å². The SMILES string of the molecule is COc1cc(CCN(C)C)c2c(c1O)Sc1c(O)c(OC)cc(CCN(C)C)c1S2. The van der Waals surface area contributed by atoms with Crippen LogP contribution in [0.4, 0.5) is 0 Å². The van der Waals surface area contributed by atoms with Gasteiger partial charge in [-0.2, -0.15) is 0 Å². The number of ether oxygens (including phenoxy) is 2. The Hall–Kier alpha value is -1.74. The minimum atomic E-state index is 0.112. The van der Waals surface area contributed by atoms with Crippen LogP contribution in [0.1, 0.15) is 11.1 Å². The van der Waals surface area contributed by atoms with Gasteiger partial charge in [0, 0.05) is 22.9 Å². The van der Waals surface area contributed by atoms with Crippen LogP contribution in [0.3, 0.4) is 0 Å². The molecule has 0 atom stereocenters. The highest BCUT2D eigenvalue weighted by Crippen LogP contribution is 2.60. The summed E-state index contributed by atoms with van der Waals surface area (Å²) in [4.78, 5) is 7.79. The van der Waals surface area contributed by atoms with E-state index >= 15 is 0 Å². The van der Waals surface area contributed by atoms with Gasteiger partial charge in [-0.3, -0.25) is 0 Å². The van der Waals surface area contributed by atoms with Crippen LogP contribution >= 0.6 is 23.5 Å². The lowest BCUT2D eigenvalue weighted by atomic mass is 10.1. The van der Waals surface area contributed by atoms with E-state index in [0.717, 1.165) is 56.6 Å². The Morgan fingerprint density at radius 2 is 1.07 bits per heavy atom. The van der Waals surface area contributed by atoms with E-state index in [1.807, 2.05) is 40.3 Å². The Balaban J connectivity index is 2.13. The van der Waals surface area contributed by atoms with Gasteiger partial charge in [0.2, 0.25) is 0 Å². The topological polar surface area (TPSA) is 65.4 Å². The number of nitrogens with zero attached hydrogens (tertiary/aromatic N) is 2. The maximum absolute atomic E-state index is 10.8. The second kappa shape index (κ2) is 9.60. The summed E-state index contributed by atoms with van der Waals surface area (Å²) in [6.45, 7) is 1.78. The number of phenols is 2. The highest BCUT2D eigenvalue weighted by Gasteiger charge is 2.30. The van der Waals surface area contributed by atoms with Crippen LogP contribution in [0, 0.1) is 0 Å². The number of methoxy groups -OCH3 is 2. The van der Waals surface area contributed by atoms with E-state index in [0.29, 0.717) is 11.5 Å². The molecule has 6 nitrogen and oxygen atoms in total. The average Bonchev–Trinajstić information content (AvgIpc) is 2.72. The summed E-state index contributed by atoms with van der Waals surface area (Å²) in [7, 11) is 11.3. The van der Waals surface area contributed by atoms with Crippen molar-refractivity contribution in [2.24, 2.45) is 0 Å². The zero-order valence-corrected chi connectivity index (χ0v) is 20.0. The van der Waals surface area contributed by atoms with E-state index in [4.69, 9.17) is 9.47 Å². The predicted octanol–water partition coefficient (Wildman–Crippen LogP) is 3.94. The van der Waals surface area contributed by atoms with Crippen LogP contribution in [-0.4, -0.2) is 75.5 Å². The number of rotatable bonds is 8. The smallest absolute Gasteiger partial charge is 0.173 e. The number of benzene rings is 2. The van der Waals surface area contributed by atoms with Crippen molar-refractivity contribution in [1.29, 1.82) is 0 Å². The molecule has 3 rings (SSSR count). The molecular formula is C22H30N2O4S2. The van der Waals surface area contributed by atoms with Gasteiger partial charge in [-0.15, -0.1) is 0 Å². The van der Waals surface area contributed by atoms with E-state index < -0.39 is 0 Å². The highest BCUT2D eigenvalue weighted by atomic mass is 32.2. The first-order chi connectivity index (χ1) is 14.3. The third kappa shape index (κ3) is 4.61. The van der Waals surface area contributed by atoms with Gasteiger partial charge in [-0.25, -0.2) is 0 Å². The van der Waals surface area contributed by atoms with Gasteiger partial charge in [0.15, 0.2) is 23.0 Å². The Kier molecular flexibility index (Phi) is 7.34. The van der Waals surface area contributed by atoms with Crippen LogP contribution in [0.2, 0.25) is 0 Å². The molecule has 2 aromatic rings. The van der Waals surface area contributed by atoms with Crippen LogP contribution < -0.4 is 9.47 Å². The second-order valence-corrected chi connectivity index (χ2v) is 9.84. The first kappa shape index (κ1) is 22.9. The molecule has 0 unspecified atom stereocenters. The van der Waals surface area contributed by atoms with Crippen molar-refractivity contribution < 1.29 is 19.7 Å². The standard InChI is InChI=1S/C22H30N2O4S2/c1-23(2)9-7-13-11-15(27-5)17(25)21-19(13)29-20-14(8-10-24(3)4)12-16(28-6)18(26)22(20)30-21/h11-12,25-26H,7-10H2,1-6H3. The van der Waals surface area contributed by atoms with Gasteiger partial charge < -0.3 is 29.5 Å². The number of fused-ring (bicyclic) bond motifs is 2. The Bertz CT molecular complexity index is 859. The molecule has 0 radical (unpaired) electrons. The molecule has 8 heteroatoms. The van der Waals surface area contributed by atoms with Crippen molar-refractivity contribution >= 4 is 23.5 Å². The summed E-state index contributed by atoms with van der Waals surface area (Å²) in [6, 6.07) is 3.86. The lowest BCUT2D eigenvalue weighted by Gasteiger charge is -2.27. The summed E-state index contributed by atoms with van der Waals surface area (Å²) in [6.07, 6.45) is 1.67. The molecule has 0 saturated carbocycles. The number of hydrogen-bond acceptors (Lipinski definition) is 8. The summed E-state index contributed by atoms with van der Waals surface area (Å²) < 4.78 is 10.9. The molecule has 0 aliphatic carbocycles. The number of hydrogen-bond donors (Lipinski definition) is 2. The molecule has 0 aromatic heterocycles. The molecule has 0 amide bonds. The molecule has 1 aliphatic rings. The molecular weight excluding hydrogens is 420 g/mol. The van der Waals surface area contributed by atoms with E-state index in [-0.39, 0.29) is 11.5 Å². The summed E-state index contributed by atoms with van der Waals surface area (Å²) in [5, 5.41) is 21.7. The third-order valence-electron chi connectivity index (χ3n) is 5.01. The van der Waals surface area contributed by atoms with Crippen molar-refractivity contribution in [3.8, 4) is 23.0 Å². The lowest BCUT2D eigenvalue weighted by Crippen LogP contribution is -2.16. The fourth-order valence-corrected chi connectivity index (χ4v) is 6.02. The minimum Gasteiger partial charge on any atom is -0.503 e. The van der Waals surface area contributed by atoms with Crippen LogP contribution in [0.15, 0.2) is 31.7 Å². The summed E-state index contributed by atoms with van der Waals surface area (Å²) in [5.74, 6) is 1.13. The highest BCUT2D eigenvalue weighted by molar-refractivity contribution is 8.05. The molecule has 0 saturated heterocycles. The van der Waals surface area contributed by atoms with Gasteiger partial charge in [-0.1, -0.05) is 23.5 Å². The monoisotopic (exact) mass is 450 g/mol. The van der Waals surface area contributed by atoms with Crippen molar-refractivity contribution in [2.75, 3.05) is 55.5 Å². The molecule has 1 heterocycles. The quantitative estimate of drug-likeness (QED) is 0.535. The zero-order chi connectivity index (χ0) is 22.0. The Morgan fingerprint density at radius 3 is 1.40 bits per heavy atom. The van der Waals surface area contributed by atoms with Crippen LogP contribution in [0.25, 0.3) is 0 Å². The molecule has 164 valence electrons. The number of likely N-dealkylation sites (N-methyl/N-ethyl adjacent to an activating group) is 2. The van der Waals surface area contributed by atoms with E-state index in [1.165, 1.54) is 11.8 Å². The molecule has 30 heavy (non-hydrogen) atoms. The van der Waals surface area contributed by atoms with Gasteiger partial charge in [-0.05, 0) is 64.3 Å². The largest absolute Gasteiger partial charge is 0.503 e. The summed E-state index contributed by atoms with van der Waals surface area (Å²) >= 11 is 3.00. The van der Waals surface area contributed by atoms with Gasteiger partial charge in [0.1, 0.15) is 0 Å². The fraction of sp³-hybridized carbons (Fsp3) is 0.455. The predicted molar refractivity (Wildman–Crippen MR) is 122 cm³/mol. The number of aromatic hydroxyl groups is 2. The van der Waals surface area contributed by atoms with Crippen LogP contribution in [-0.2, 0) is 12.8 Å². The maximum atomic E-state index is 10.8. The molecule has 0 spiro atoms. The van der Waals surface area contributed by atoms with Crippen molar-refractivity contribution in [3.05, 3.63) is 23.3 Å². The lowest BCUT2D eigenvalue weighted by molar-refractivity contribution is 0.361. The first-order valence-electron chi connectivity index (χ1n) is 9.77. The molecule has 1 aliphatic heterocycles. The molecule has 0 fully saturated rings. The molecule has 2 N–H and O–H groups in total. The van der Waals surface area contributed by atoms with Crippen LogP contribution in [0.5, 0.6) is 23.0 Å². The average molecular weight is 451 g/mol.